The van der Waals surface area contributed by atoms with Gasteiger partial charge in [-0.1, -0.05) is 54.1 Å². The minimum Gasteiger partial charge on any atom is -0.387 e. The highest BCUT2D eigenvalue weighted by Crippen LogP contribution is 2.21. The lowest BCUT2D eigenvalue weighted by molar-refractivity contribution is 0.191. The van der Waals surface area contributed by atoms with Crippen LogP contribution in [0.2, 0.25) is 5.02 Å². The molecule has 0 spiro atoms. The van der Waals surface area contributed by atoms with Gasteiger partial charge in [-0.3, -0.25) is 0 Å². The number of aliphatic hydroxyl groups excluding tert-OH is 1. The van der Waals surface area contributed by atoms with Crippen LogP contribution in [0.4, 0.5) is 5.69 Å². The molecule has 2 N–H and O–H groups in total. The molecule has 21 heavy (non-hydrogen) atoms. The van der Waals surface area contributed by atoms with Gasteiger partial charge in [-0.2, -0.15) is 0 Å². The topological polar surface area (TPSA) is 32.3 Å². The van der Waals surface area contributed by atoms with Crippen molar-refractivity contribution in [3.05, 3.63) is 77.3 Å². The fourth-order valence-electron chi connectivity index (χ4n) is 2.32. The summed E-state index contributed by atoms with van der Waals surface area (Å²) in [5.74, 6) is 0. The van der Waals surface area contributed by atoms with Gasteiger partial charge in [0.25, 0.3) is 0 Å². The van der Waals surface area contributed by atoms with Crippen molar-refractivity contribution in [2.75, 3.05) is 11.9 Å². The molecule has 3 aromatic carbocycles. The van der Waals surface area contributed by atoms with Crippen molar-refractivity contribution in [1.82, 2.24) is 0 Å². The Morgan fingerprint density at radius 1 is 0.905 bits per heavy atom. The number of anilines is 1. The Balaban J connectivity index is 1.69. The molecule has 1 atom stereocenters. The SMILES string of the molecule is OC(CNc1ccc2ccccc2c1)c1ccc(Cl)cc1. The molecule has 1 unspecified atom stereocenters. The van der Waals surface area contributed by atoms with E-state index in [1.165, 1.54) is 10.8 Å². The molecule has 0 amide bonds. The summed E-state index contributed by atoms with van der Waals surface area (Å²) in [6, 6.07) is 21.7. The van der Waals surface area contributed by atoms with Gasteiger partial charge >= 0.3 is 0 Å². The van der Waals surface area contributed by atoms with E-state index in [1.807, 2.05) is 30.3 Å². The van der Waals surface area contributed by atoms with Crippen molar-refractivity contribution in [2.45, 2.75) is 6.10 Å². The van der Waals surface area contributed by atoms with E-state index in [9.17, 15) is 5.11 Å². The summed E-state index contributed by atoms with van der Waals surface area (Å²) < 4.78 is 0. The number of hydrogen-bond donors (Lipinski definition) is 2. The number of nitrogens with one attached hydrogen (secondary N) is 1. The molecule has 3 heteroatoms. The fraction of sp³-hybridized carbons (Fsp3) is 0.111. The number of hydrogen-bond acceptors (Lipinski definition) is 2. The van der Waals surface area contributed by atoms with Gasteiger partial charge in [-0.15, -0.1) is 0 Å². The molecule has 3 rings (SSSR count). The lowest BCUT2D eigenvalue weighted by atomic mass is 10.1. The van der Waals surface area contributed by atoms with Crippen molar-refractivity contribution in [3.63, 3.8) is 0 Å². The lowest BCUT2D eigenvalue weighted by Gasteiger charge is -2.13. The smallest absolute Gasteiger partial charge is 0.0962 e. The van der Waals surface area contributed by atoms with Crippen LogP contribution in [0.5, 0.6) is 0 Å². The molecule has 0 fully saturated rings. The molecular weight excluding hydrogens is 282 g/mol. The Bertz CT molecular complexity index is 740. The van der Waals surface area contributed by atoms with Gasteiger partial charge in [0.15, 0.2) is 0 Å². The van der Waals surface area contributed by atoms with Crippen molar-refractivity contribution in [3.8, 4) is 0 Å². The van der Waals surface area contributed by atoms with Crippen LogP contribution in [0.25, 0.3) is 10.8 Å². The first-order chi connectivity index (χ1) is 10.2. The second-order valence-electron chi connectivity index (χ2n) is 5.01. The van der Waals surface area contributed by atoms with Gasteiger partial charge in [-0.05, 0) is 40.6 Å². The summed E-state index contributed by atoms with van der Waals surface area (Å²) >= 11 is 5.85. The predicted octanol–water partition coefficient (Wildman–Crippen LogP) is 4.64. The van der Waals surface area contributed by atoms with Gasteiger partial charge in [0.05, 0.1) is 6.10 Å². The zero-order chi connectivity index (χ0) is 14.7. The van der Waals surface area contributed by atoms with Gasteiger partial charge < -0.3 is 10.4 Å². The van der Waals surface area contributed by atoms with E-state index < -0.39 is 6.10 Å². The van der Waals surface area contributed by atoms with Gasteiger partial charge in [-0.25, -0.2) is 0 Å². The molecule has 0 aliphatic carbocycles. The summed E-state index contributed by atoms with van der Waals surface area (Å²) in [4.78, 5) is 0. The van der Waals surface area contributed by atoms with Crippen LogP contribution in [0, 0.1) is 0 Å². The van der Waals surface area contributed by atoms with Crippen LogP contribution in [0.3, 0.4) is 0 Å². The van der Waals surface area contributed by atoms with Crippen LogP contribution in [0.15, 0.2) is 66.7 Å². The van der Waals surface area contributed by atoms with Crippen molar-refractivity contribution >= 4 is 28.1 Å². The second-order valence-corrected chi connectivity index (χ2v) is 5.45. The predicted molar refractivity (Wildman–Crippen MR) is 88.8 cm³/mol. The quantitative estimate of drug-likeness (QED) is 0.735. The molecule has 0 saturated carbocycles. The Morgan fingerprint density at radius 3 is 2.38 bits per heavy atom. The van der Waals surface area contributed by atoms with E-state index in [4.69, 9.17) is 11.6 Å². The zero-order valence-electron chi connectivity index (χ0n) is 11.5. The molecule has 0 saturated heterocycles. The van der Waals surface area contributed by atoms with Crippen LogP contribution in [-0.4, -0.2) is 11.7 Å². The Kier molecular flexibility index (Phi) is 4.09. The lowest BCUT2D eigenvalue weighted by Crippen LogP contribution is -2.11. The van der Waals surface area contributed by atoms with E-state index in [2.05, 4.69) is 29.6 Å². The molecule has 3 aromatic rings. The van der Waals surface area contributed by atoms with Gasteiger partial charge in [0.1, 0.15) is 0 Å². The van der Waals surface area contributed by atoms with Crippen molar-refractivity contribution < 1.29 is 5.11 Å². The third-order valence-corrected chi connectivity index (χ3v) is 3.76. The standard InChI is InChI=1S/C18H16ClNO/c19-16-8-5-14(6-9-16)18(21)12-20-17-10-7-13-3-1-2-4-15(13)11-17/h1-11,18,20-21H,12H2. The molecule has 0 aromatic heterocycles. The van der Waals surface area contributed by atoms with E-state index in [1.54, 1.807) is 12.1 Å². The Labute approximate surface area is 129 Å². The van der Waals surface area contributed by atoms with Gasteiger partial charge in [0.2, 0.25) is 0 Å². The summed E-state index contributed by atoms with van der Waals surface area (Å²) in [6.45, 7) is 0.458. The third-order valence-electron chi connectivity index (χ3n) is 3.50. The minimum absolute atomic E-state index is 0.458. The van der Waals surface area contributed by atoms with Gasteiger partial charge in [0, 0.05) is 17.3 Å². The van der Waals surface area contributed by atoms with Crippen molar-refractivity contribution in [1.29, 1.82) is 0 Å². The maximum Gasteiger partial charge on any atom is 0.0962 e. The average molecular weight is 298 g/mol. The maximum atomic E-state index is 10.2. The molecule has 0 aliphatic rings. The molecule has 106 valence electrons. The molecule has 0 bridgehead atoms. The Morgan fingerprint density at radius 2 is 1.62 bits per heavy atom. The summed E-state index contributed by atoms with van der Waals surface area (Å²) in [5, 5.41) is 16.5. The van der Waals surface area contributed by atoms with Crippen molar-refractivity contribution in [2.24, 2.45) is 0 Å². The number of benzene rings is 3. The number of fused-ring (bicyclic) bond motifs is 1. The summed E-state index contributed by atoms with van der Waals surface area (Å²) in [5.41, 5.74) is 1.86. The number of halogens is 1. The maximum absolute atomic E-state index is 10.2. The van der Waals surface area contributed by atoms with Crippen LogP contribution in [-0.2, 0) is 0 Å². The van der Waals surface area contributed by atoms with Crippen LogP contribution >= 0.6 is 11.6 Å². The minimum atomic E-state index is -0.561. The van der Waals surface area contributed by atoms with E-state index in [-0.39, 0.29) is 0 Å². The Hall–Kier alpha value is -2.03. The molecule has 0 radical (unpaired) electrons. The monoisotopic (exact) mass is 297 g/mol. The highest BCUT2D eigenvalue weighted by atomic mass is 35.5. The molecular formula is C18H16ClNO. The second kappa shape index (κ2) is 6.17. The van der Waals surface area contributed by atoms with Crippen LogP contribution < -0.4 is 5.32 Å². The summed E-state index contributed by atoms with van der Waals surface area (Å²) in [7, 11) is 0. The normalized spacial score (nSPS) is 12.3. The first-order valence-corrected chi connectivity index (χ1v) is 7.26. The highest BCUT2D eigenvalue weighted by Gasteiger charge is 2.07. The van der Waals surface area contributed by atoms with E-state index in [0.717, 1.165) is 11.3 Å². The molecule has 2 nitrogen and oxygen atoms in total. The highest BCUT2D eigenvalue weighted by molar-refractivity contribution is 6.30. The first kappa shape index (κ1) is 13.9. The van der Waals surface area contributed by atoms with Crippen LogP contribution in [0.1, 0.15) is 11.7 Å². The molecule has 0 heterocycles. The largest absolute Gasteiger partial charge is 0.387 e. The number of aliphatic hydroxyl groups is 1. The average Bonchev–Trinajstić information content (AvgIpc) is 2.53. The molecule has 0 aliphatic heterocycles. The third kappa shape index (κ3) is 3.35. The first-order valence-electron chi connectivity index (χ1n) is 6.88. The number of rotatable bonds is 4. The summed E-state index contributed by atoms with van der Waals surface area (Å²) in [6.07, 6.45) is -0.561. The van der Waals surface area contributed by atoms with E-state index >= 15 is 0 Å². The zero-order valence-corrected chi connectivity index (χ0v) is 12.2. The fourth-order valence-corrected chi connectivity index (χ4v) is 2.44. The van der Waals surface area contributed by atoms with E-state index in [0.29, 0.717) is 11.6 Å².